The SMILES string of the molecule is CCCOc1c(Br)cc(/C=C2\N=C(c3ccc([N+](=O)[O-])cc3Cl)OC2=O)cc1Br. The van der Waals surface area contributed by atoms with Gasteiger partial charge in [-0.05, 0) is 68.1 Å². The third kappa shape index (κ3) is 4.85. The van der Waals surface area contributed by atoms with Crippen molar-refractivity contribution in [3.8, 4) is 5.75 Å². The van der Waals surface area contributed by atoms with Crippen LogP contribution in [0.2, 0.25) is 5.02 Å². The van der Waals surface area contributed by atoms with Crippen molar-refractivity contribution in [2.45, 2.75) is 13.3 Å². The molecule has 0 saturated heterocycles. The van der Waals surface area contributed by atoms with E-state index in [-0.39, 0.29) is 22.3 Å². The van der Waals surface area contributed by atoms with E-state index in [1.807, 2.05) is 6.92 Å². The number of carbonyl (C=O) groups excluding carboxylic acids is 1. The number of esters is 1. The van der Waals surface area contributed by atoms with E-state index in [4.69, 9.17) is 21.1 Å². The number of benzene rings is 2. The highest BCUT2D eigenvalue weighted by molar-refractivity contribution is 9.11. The lowest BCUT2D eigenvalue weighted by Crippen LogP contribution is -2.06. The second-order valence-corrected chi connectivity index (χ2v) is 8.04. The van der Waals surface area contributed by atoms with Crippen LogP contribution in [0.1, 0.15) is 24.5 Å². The molecule has 29 heavy (non-hydrogen) atoms. The zero-order valence-electron chi connectivity index (χ0n) is 14.9. The van der Waals surface area contributed by atoms with Crippen molar-refractivity contribution in [3.05, 3.63) is 71.2 Å². The maximum Gasteiger partial charge on any atom is 0.363 e. The molecule has 2 aromatic rings. The van der Waals surface area contributed by atoms with Gasteiger partial charge in [0.2, 0.25) is 5.90 Å². The summed E-state index contributed by atoms with van der Waals surface area (Å²) in [7, 11) is 0. The van der Waals surface area contributed by atoms with Gasteiger partial charge in [-0.3, -0.25) is 10.1 Å². The molecule has 0 N–H and O–H groups in total. The van der Waals surface area contributed by atoms with Crippen LogP contribution in [0.4, 0.5) is 5.69 Å². The van der Waals surface area contributed by atoms with Crippen LogP contribution in [0.25, 0.3) is 6.08 Å². The van der Waals surface area contributed by atoms with Crippen molar-refractivity contribution in [2.24, 2.45) is 4.99 Å². The number of hydrogen-bond donors (Lipinski definition) is 0. The van der Waals surface area contributed by atoms with Gasteiger partial charge < -0.3 is 9.47 Å². The fraction of sp³-hybridized carbons (Fsp3) is 0.158. The van der Waals surface area contributed by atoms with E-state index < -0.39 is 10.9 Å². The number of cyclic esters (lactones) is 1. The highest BCUT2D eigenvalue weighted by Gasteiger charge is 2.26. The standard InChI is InChI=1S/C19H13Br2ClN2O5/c1-2-5-28-17-13(20)6-10(7-14(17)21)8-16-19(25)29-18(23-16)12-4-3-11(24(26)27)9-15(12)22/h3-4,6-9H,2,5H2,1H3/b16-8-. The molecule has 0 spiro atoms. The van der Waals surface area contributed by atoms with Gasteiger partial charge >= 0.3 is 5.97 Å². The molecule has 7 nitrogen and oxygen atoms in total. The van der Waals surface area contributed by atoms with Crippen LogP contribution >= 0.6 is 43.5 Å². The first kappa shape index (κ1) is 21.5. The summed E-state index contributed by atoms with van der Waals surface area (Å²) < 4.78 is 12.3. The van der Waals surface area contributed by atoms with Crippen molar-refractivity contribution >= 4 is 67.1 Å². The van der Waals surface area contributed by atoms with Gasteiger partial charge in [0, 0.05) is 12.1 Å². The lowest BCUT2D eigenvalue weighted by molar-refractivity contribution is -0.384. The van der Waals surface area contributed by atoms with Crippen LogP contribution in [0.3, 0.4) is 0 Å². The van der Waals surface area contributed by atoms with Crippen LogP contribution in [0, 0.1) is 10.1 Å². The largest absolute Gasteiger partial charge is 0.491 e. The summed E-state index contributed by atoms with van der Waals surface area (Å²) in [6, 6.07) is 7.42. The fourth-order valence-electron chi connectivity index (χ4n) is 2.48. The molecule has 0 saturated carbocycles. The molecular weight excluding hydrogens is 531 g/mol. The van der Waals surface area contributed by atoms with Crippen molar-refractivity contribution in [2.75, 3.05) is 6.61 Å². The maximum absolute atomic E-state index is 12.2. The molecule has 0 amide bonds. The minimum atomic E-state index is -0.645. The summed E-state index contributed by atoms with van der Waals surface area (Å²) in [6.45, 7) is 2.59. The summed E-state index contributed by atoms with van der Waals surface area (Å²) in [4.78, 5) is 26.7. The molecule has 0 unspecified atom stereocenters. The third-order valence-corrected chi connectivity index (χ3v) is 5.28. The summed E-state index contributed by atoms with van der Waals surface area (Å²) in [5, 5.41) is 10.9. The number of non-ortho nitro benzene ring substituents is 1. The number of halogens is 3. The smallest absolute Gasteiger partial charge is 0.363 e. The van der Waals surface area contributed by atoms with E-state index in [1.165, 1.54) is 18.2 Å². The molecule has 1 aliphatic rings. The Morgan fingerprint density at radius 1 is 1.28 bits per heavy atom. The van der Waals surface area contributed by atoms with Gasteiger partial charge in [-0.15, -0.1) is 0 Å². The van der Waals surface area contributed by atoms with Crippen LogP contribution in [0.5, 0.6) is 5.75 Å². The van der Waals surface area contributed by atoms with Gasteiger partial charge in [-0.1, -0.05) is 18.5 Å². The Bertz CT molecular complexity index is 1050. The van der Waals surface area contributed by atoms with E-state index in [1.54, 1.807) is 18.2 Å². The van der Waals surface area contributed by atoms with E-state index in [9.17, 15) is 14.9 Å². The molecule has 0 aliphatic carbocycles. The molecule has 0 bridgehead atoms. The Kier molecular flexibility index (Phi) is 6.71. The first-order chi connectivity index (χ1) is 13.8. The van der Waals surface area contributed by atoms with Gasteiger partial charge in [0.1, 0.15) is 5.75 Å². The highest BCUT2D eigenvalue weighted by atomic mass is 79.9. The molecule has 0 atom stereocenters. The number of nitrogens with zero attached hydrogens (tertiary/aromatic N) is 2. The molecule has 1 heterocycles. The Labute approximate surface area is 187 Å². The van der Waals surface area contributed by atoms with Crippen LogP contribution in [0.15, 0.2) is 50.0 Å². The monoisotopic (exact) mass is 542 g/mol. The first-order valence-electron chi connectivity index (χ1n) is 8.39. The first-order valence-corrected chi connectivity index (χ1v) is 10.3. The van der Waals surface area contributed by atoms with Crippen LogP contribution < -0.4 is 4.74 Å². The predicted molar refractivity (Wildman–Crippen MR) is 116 cm³/mol. The molecule has 1 aliphatic heterocycles. The van der Waals surface area contributed by atoms with Crippen molar-refractivity contribution in [1.29, 1.82) is 0 Å². The highest BCUT2D eigenvalue weighted by Crippen LogP contribution is 2.36. The van der Waals surface area contributed by atoms with Crippen molar-refractivity contribution < 1.29 is 19.2 Å². The molecule has 10 heteroatoms. The maximum atomic E-state index is 12.2. The Morgan fingerprint density at radius 3 is 2.55 bits per heavy atom. The second kappa shape index (κ2) is 9.06. The lowest BCUT2D eigenvalue weighted by Gasteiger charge is -2.10. The van der Waals surface area contributed by atoms with E-state index in [0.717, 1.165) is 15.4 Å². The Balaban J connectivity index is 1.92. The minimum absolute atomic E-state index is 0.0119. The molecule has 3 rings (SSSR count). The molecule has 2 aromatic carbocycles. The van der Waals surface area contributed by atoms with Gasteiger partial charge in [0.05, 0.1) is 31.1 Å². The topological polar surface area (TPSA) is 91.0 Å². The van der Waals surface area contributed by atoms with Crippen molar-refractivity contribution in [3.63, 3.8) is 0 Å². The number of nitro groups is 1. The van der Waals surface area contributed by atoms with Gasteiger partial charge in [-0.2, -0.15) is 0 Å². The molecular formula is C19H13Br2ClN2O5. The van der Waals surface area contributed by atoms with Crippen LogP contribution in [-0.4, -0.2) is 23.4 Å². The zero-order chi connectivity index (χ0) is 21.1. The Hall–Kier alpha value is -2.23. The number of carbonyl (C=O) groups is 1. The number of hydrogen-bond acceptors (Lipinski definition) is 6. The third-order valence-electron chi connectivity index (χ3n) is 3.79. The fourth-order valence-corrected chi connectivity index (χ4v) is 4.18. The van der Waals surface area contributed by atoms with Gasteiger partial charge in [-0.25, -0.2) is 9.79 Å². The summed E-state index contributed by atoms with van der Waals surface area (Å²) in [5.74, 6) is 0.0139. The zero-order valence-corrected chi connectivity index (χ0v) is 18.9. The number of rotatable bonds is 6. The quantitative estimate of drug-likeness (QED) is 0.195. The van der Waals surface area contributed by atoms with E-state index in [0.29, 0.717) is 23.5 Å². The normalized spacial score (nSPS) is 14.7. The molecule has 150 valence electrons. The average Bonchev–Trinajstić information content (AvgIpc) is 3.01. The summed E-state index contributed by atoms with van der Waals surface area (Å²) in [6.07, 6.45) is 2.44. The van der Waals surface area contributed by atoms with E-state index in [2.05, 4.69) is 36.9 Å². The molecule has 0 aromatic heterocycles. The van der Waals surface area contributed by atoms with Crippen molar-refractivity contribution in [1.82, 2.24) is 0 Å². The Morgan fingerprint density at radius 2 is 1.97 bits per heavy atom. The number of aliphatic imine (C=N–C) groups is 1. The van der Waals surface area contributed by atoms with E-state index >= 15 is 0 Å². The minimum Gasteiger partial charge on any atom is -0.491 e. The second-order valence-electron chi connectivity index (χ2n) is 5.92. The molecule has 0 fully saturated rings. The van der Waals surface area contributed by atoms with Gasteiger partial charge in [0.15, 0.2) is 5.70 Å². The molecule has 0 radical (unpaired) electrons. The van der Waals surface area contributed by atoms with Crippen LogP contribution in [-0.2, 0) is 9.53 Å². The lowest BCUT2D eigenvalue weighted by atomic mass is 10.2. The summed E-state index contributed by atoms with van der Waals surface area (Å²) >= 11 is 13.0. The predicted octanol–water partition coefficient (Wildman–Crippen LogP) is 5.91. The number of nitro benzene ring substituents is 1. The number of ether oxygens (including phenoxy) is 2. The van der Waals surface area contributed by atoms with Gasteiger partial charge in [0.25, 0.3) is 5.69 Å². The summed E-state index contributed by atoms with van der Waals surface area (Å²) in [5.41, 5.74) is 0.897. The average molecular weight is 545 g/mol.